The highest BCUT2D eigenvalue weighted by Gasteiger charge is 2.33. The molecule has 2 aliphatic rings. The van der Waals surface area contributed by atoms with Crippen molar-refractivity contribution in [3.05, 3.63) is 50.5 Å². The van der Waals surface area contributed by atoms with Crippen molar-refractivity contribution < 1.29 is 22.4 Å². The van der Waals surface area contributed by atoms with Crippen molar-refractivity contribution in [2.24, 2.45) is 6.98 Å². The van der Waals surface area contributed by atoms with E-state index in [2.05, 4.69) is 0 Å². The first-order valence-corrected chi connectivity index (χ1v) is 9.71. The van der Waals surface area contributed by atoms with Gasteiger partial charge in [0.2, 0.25) is 5.91 Å². The monoisotopic (exact) mass is 430 g/mol. The molecular formula is C19H20ClF2N3O2S. The highest BCUT2D eigenvalue weighted by atomic mass is 35.5. The topological polar surface area (TPSA) is 39.4 Å². The summed E-state index contributed by atoms with van der Waals surface area (Å²) in [5.74, 6) is -2.41. The number of aromatic nitrogens is 2. The number of halogens is 3. The summed E-state index contributed by atoms with van der Waals surface area (Å²) in [6.07, 6.45) is -0.0236. The number of ether oxygens (including phenoxy) is 1. The van der Waals surface area contributed by atoms with Crippen LogP contribution >= 0.6 is 23.8 Å². The third kappa shape index (κ3) is 3.27. The van der Waals surface area contributed by atoms with Crippen molar-refractivity contribution in [3.8, 4) is 0 Å². The van der Waals surface area contributed by atoms with Gasteiger partial charge in [0.05, 0.1) is 24.7 Å². The van der Waals surface area contributed by atoms with E-state index in [0.717, 1.165) is 16.7 Å². The molecule has 0 N–H and O–H groups in total. The van der Waals surface area contributed by atoms with Crippen LogP contribution in [-0.2, 0) is 35.9 Å². The predicted octanol–water partition coefficient (Wildman–Crippen LogP) is 3.23. The van der Waals surface area contributed by atoms with Crippen molar-refractivity contribution in [1.29, 1.82) is 0 Å². The van der Waals surface area contributed by atoms with Crippen LogP contribution in [0, 0.1) is 16.4 Å². The van der Waals surface area contributed by atoms with Gasteiger partial charge in [-0.15, -0.1) is 0 Å². The van der Waals surface area contributed by atoms with Gasteiger partial charge in [-0.05, 0) is 30.8 Å². The molecule has 1 atom stereocenters. The van der Waals surface area contributed by atoms with E-state index in [4.69, 9.17) is 32.7 Å². The maximum Gasteiger partial charge on any atom is 0.228 e. The Labute approximate surface area is 175 Å². The lowest BCUT2D eigenvalue weighted by Gasteiger charge is -2.27. The number of benzene rings is 1. The standard InChI is InChI=1S/C19H20ClF2N3O2S/c1-23-14(9-16(26)24-4-6-27-7-5-24)15-8-11(10-25(15)19(23)28)17-13(21)3-2-12(20)18(17)22/h2-3,11H,4-10H2,1H3/t11-/m1/s1/i1D3. The molecule has 28 heavy (non-hydrogen) atoms. The second kappa shape index (κ2) is 7.57. The molecule has 9 heteroatoms. The number of morpholine rings is 1. The number of nitrogens with zero attached hydrogens (tertiary/aromatic N) is 3. The van der Waals surface area contributed by atoms with Gasteiger partial charge in [-0.2, -0.15) is 0 Å². The summed E-state index contributed by atoms with van der Waals surface area (Å²) in [5.41, 5.74) is 0.606. The largest absolute Gasteiger partial charge is 0.378 e. The molecule has 2 aliphatic heterocycles. The fraction of sp³-hybridized carbons (Fsp3) is 0.474. The first-order valence-electron chi connectivity index (χ1n) is 10.4. The number of hydrogen-bond acceptors (Lipinski definition) is 3. The zero-order valence-electron chi connectivity index (χ0n) is 17.9. The van der Waals surface area contributed by atoms with Crippen molar-refractivity contribution in [1.82, 2.24) is 14.0 Å². The second-order valence-electron chi connectivity index (χ2n) is 6.95. The van der Waals surface area contributed by atoms with Crippen LogP contribution in [0.5, 0.6) is 0 Å². The highest BCUT2D eigenvalue weighted by Crippen LogP contribution is 2.37. The lowest BCUT2D eigenvalue weighted by Crippen LogP contribution is -2.41. The fourth-order valence-corrected chi connectivity index (χ4v) is 4.39. The molecular weight excluding hydrogens is 408 g/mol. The van der Waals surface area contributed by atoms with Gasteiger partial charge in [-0.25, -0.2) is 8.78 Å². The van der Waals surface area contributed by atoms with Crippen molar-refractivity contribution in [2.75, 3.05) is 26.3 Å². The van der Waals surface area contributed by atoms with Crippen LogP contribution in [0.25, 0.3) is 0 Å². The van der Waals surface area contributed by atoms with E-state index in [-0.39, 0.29) is 46.3 Å². The molecule has 5 nitrogen and oxygen atoms in total. The molecule has 0 unspecified atom stereocenters. The molecule has 0 spiro atoms. The highest BCUT2D eigenvalue weighted by molar-refractivity contribution is 7.71. The van der Waals surface area contributed by atoms with Crippen molar-refractivity contribution in [2.45, 2.75) is 25.3 Å². The van der Waals surface area contributed by atoms with E-state index in [0.29, 0.717) is 32.0 Å². The maximum atomic E-state index is 14.6. The van der Waals surface area contributed by atoms with Gasteiger partial charge < -0.3 is 18.8 Å². The van der Waals surface area contributed by atoms with Crippen LogP contribution in [0.3, 0.4) is 0 Å². The number of rotatable bonds is 3. The number of carbonyl (C=O) groups excluding carboxylic acids is 1. The summed E-state index contributed by atoms with van der Waals surface area (Å²) in [7, 11) is 0. The first-order chi connectivity index (χ1) is 14.6. The van der Waals surface area contributed by atoms with Gasteiger partial charge in [-0.1, -0.05) is 11.6 Å². The van der Waals surface area contributed by atoms with Crippen LogP contribution in [0.2, 0.25) is 5.02 Å². The predicted molar refractivity (Wildman–Crippen MR) is 103 cm³/mol. The molecule has 0 bridgehead atoms. The Kier molecular flexibility index (Phi) is 4.35. The first kappa shape index (κ1) is 16.1. The molecule has 4 rings (SSSR count). The van der Waals surface area contributed by atoms with E-state index in [1.54, 1.807) is 9.47 Å². The Morgan fingerprint density at radius 1 is 1.39 bits per heavy atom. The Bertz CT molecular complexity index is 1100. The third-order valence-corrected chi connectivity index (χ3v) is 6.06. The molecule has 1 saturated heterocycles. The zero-order valence-corrected chi connectivity index (χ0v) is 16.5. The van der Waals surface area contributed by atoms with Crippen LogP contribution in [-0.4, -0.2) is 46.2 Å². The van der Waals surface area contributed by atoms with E-state index < -0.39 is 24.5 Å². The lowest BCUT2D eigenvalue weighted by molar-refractivity contribution is -0.134. The zero-order chi connectivity index (χ0) is 22.5. The van der Waals surface area contributed by atoms with E-state index >= 15 is 0 Å². The molecule has 1 fully saturated rings. The molecule has 1 amide bonds. The minimum atomic E-state index is -2.59. The summed E-state index contributed by atoms with van der Waals surface area (Å²) in [6.45, 7) is -0.807. The van der Waals surface area contributed by atoms with Crippen molar-refractivity contribution >= 4 is 29.7 Å². The van der Waals surface area contributed by atoms with E-state index in [1.165, 1.54) is 0 Å². The summed E-state index contributed by atoms with van der Waals surface area (Å²) in [6, 6.07) is 2.26. The van der Waals surface area contributed by atoms with Gasteiger partial charge in [0.15, 0.2) is 4.77 Å². The van der Waals surface area contributed by atoms with Gasteiger partial charge >= 0.3 is 0 Å². The number of amides is 1. The molecule has 1 aromatic heterocycles. The molecule has 3 heterocycles. The van der Waals surface area contributed by atoms with Crippen LogP contribution in [0.15, 0.2) is 12.1 Å². The quantitative estimate of drug-likeness (QED) is 0.554. The number of hydrogen-bond donors (Lipinski definition) is 0. The van der Waals surface area contributed by atoms with Crippen molar-refractivity contribution in [3.63, 3.8) is 0 Å². The van der Waals surface area contributed by atoms with Gasteiger partial charge in [-0.3, -0.25) is 4.79 Å². The summed E-state index contributed by atoms with van der Waals surface area (Å²) >= 11 is 11.2. The number of carbonyl (C=O) groups is 1. The lowest BCUT2D eigenvalue weighted by atomic mass is 9.95. The minimum Gasteiger partial charge on any atom is -0.378 e. The molecule has 2 aromatic rings. The molecule has 1 aromatic carbocycles. The molecule has 0 radical (unpaired) electrons. The Morgan fingerprint density at radius 2 is 2.14 bits per heavy atom. The fourth-order valence-electron chi connectivity index (χ4n) is 3.93. The van der Waals surface area contributed by atoms with Crippen LogP contribution < -0.4 is 0 Å². The SMILES string of the molecule is [2H]C([2H])([2H])n1c(CC(=O)N2CCOCC2)c2n(c1=S)C[C@H](c1c(F)ccc(Cl)c1F)C2. The normalized spacial score (nSPS) is 21.2. The Balaban J connectivity index is 1.73. The van der Waals surface area contributed by atoms with Crippen LogP contribution in [0.1, 0.15) is 27.0 Å². The van der Waals surface area contributed by atoms with E-state index in [9.17, 15) is 13.6 Å². The second-order valence-corrected chi connectivity index (χ2v) is 7.72. The average Bonchev–Trinajstić information content (AvgIpc) is 3.24. The van der Waals surface area contributed by atoms with Gasteiger partial charge in [0.25, 0.3) is 0 Å². The minimum absolute atomic E-state index is 0.00474. The smallest absolute Gasteiger partial charge is 0.228 e. The summed E-state index contributed by atoms with van der Waals surface area (Å²) in [4.78, 5) is 14.5. The van der Waals surface area contributed by atoms with Crippen LogP contribution in [0.4, 0.5) is 8.78 Å². The summed E-state index contributed by atoms with van der Waals surface area (Å²) in [5, 5.41) is -0.188. The average molecular weight is 431 g/mol. The number of imidazole rings is 1. The third-order valence-electron chi connectivity index (χ3n) is 5.36. The number of fused-ring (bicyclic) bond motifs is 1. The molecule has 0 aliphatic carbocycles. The maximum absolute atomic E-state index is 14.6. The molecule has 0 saturated carbocycles. The Hall–Kier alpha value is -1.77. The van der Waals surface area contributed by atoms with Gasteiger partial charge in [0, 0.05) is 53.6 Å². The Morgan fingerprint density at radius 3 is 2.86 bits per heavy atom. The summed E-state index contributed by atoms with van der Waals surface area (Å²) < 4.78 is 60.6. The van der Waals surface area contributed by atoms with Gasteiger partial charge in [0.1, 0.15) is 11.6 Å². The van der Waals surface area contributed by atoms with E-state index in [1.807, 2.05) is 0 Å². The molecule has 150 valence electrons.